The Labute approximate surface area is 119 Å². The van der Waals surface area contributed by atoms with Gasteiger partial charge in [0.1, 0.15) is 5.75 Å². The van der Waals surface area contributed by atoms with E-state index in [-0.39, 0.29) is 6.04 Å². The van der Waals surface area contributed by atoms with E-state index in [0.29, 0.717) is 34.2 Å². The van der Waals surface area contributed by atoms with E-state index in [1.807, 2.05) is 13.0 Å². The molecule has 0 saturated heterocycles. The zero-order valence-corrected chi connectivity index (χ0v) is 12.8. The average molecular weight is 290 g/mol. The van der Waals surface area contributed by atoms with Crippen LogP contribution < -0.4 is 10.5 Å². The summed E-state index contributed by atoms with van der Waals surface area (Å²) < 4.78 is 5.40. The van der Waals surface area contributed by atoms with Gasteiger partial charge in [-0.25, -0.2) is 0 Å². The van der Waals surface area contributed by atoms with Crippen molar-refractivity contribution in [1.82, 2.24) is 0 Å². The highest BCUT2D eigenvalue weighted by Gasteiger charge is 2.21. The van der Waals surface area contributed by atoms with Gasteiger partial charge >= 0.3 is 0 Å². The summed E-state index contributed by atoms with van der Waals surface area (Å²) in [6.45, 7) is 8.88. The molecule has 2 unspecified atom stereocenters. The third-order valence-electron chi connectivity index (χ3n) is 3.33. The standard InChI is InChI=1S/C14H21Cl2NO/c1-5-18-13-7-11(15)10(6-12(13)16)14(17)9(4)8(2)3/h6-9,14H,5,17H2,1-4H3. The Morgan fingerprint density at radius 2 is 1.78 bits per heavy atom. The van der Waals surface area contributed by atoms with E-state index < -0.39 is 0 Å². The van der Waals surface area contributed by atoms with Crippen LogP contribution in [0.1, 0.15) is 39.3 Å². The number of halogens is 2. The first-order valence-corrected chi connectivity index (χ1v) is 7.01. The van der Waals surface area contributed by atoms with Crippen molar-refractivity contribution < 1.29 is 4.74 Å². The van der Waals surface area contributed by atoms with Gasteiger partial charge in [-0.1, -0.05) is 44.0 Å². The van der Waals surface area contributed by atoms with Gasteiger partial charge in [-0.2, -0.15) is 0 Å². The number of nitrogens with two attached hydrogens (primary N) is 1. The molecule has 1 rings (SSSR count). The second kappa shape index (κ2) is 6.65. The minimum atomic E-state index is -0.120. The largest absolute Gasteiger partial charge is 0.492 e. The Kier molecular flexibility index (Phi) is 5.77. The summed E-state index contributed by atoms with van der Waals surface area (Å²) in [5, 5.41) is 1.17. The molecule has 18 heavy (non-hydrogen) atoms. The molecule has 102 valence electrons. The van der Waals surface area contributed by atoms with Gasteiger partial charge in [0, 0.05) is 17.1 Å². The summed E-state index contributed by atoms with van der Waals surface area (Å²) in [5.74, 6) is 1.43. The zero-order valence-electron chi connectivity index (χ0n) is 11.3. The molecule has 0 aliphatic rings. The van der Waals surface area contributed by atoms with Gasteiger partial charge in [-0.05, 0) is 30.4 Å². The maximum Gasteiger partial charge on any atom is 0.139 e. The Bertz CT molecular complexity index is 407. The minimum absolute atomic E-state index is 0.120. The van der Waals surface area contributed by atoms with Crippen molar-refractivity contribution in [3.63, 3.8) is 0 Å². The number of benzene rings is 1. The average Bonchev–Trinajstić information content (AvgIpc) is 2.31. The molecule has 2 nitrogen and oxygen atoms in total. The van der Waals surface area contributed by atoms with E-state index in [2.05, 4.69) is 20.8 Å². The van der Waals surface area contributed by atoms with Crippen LogP contribution in [-0.2, 0) is 0 Å². The van der Waals surface area contributed by atoms with Crippen LogP contribution in [0, 0.1) is 11.8 Å². The summed E-state index contributed by atoms with van der Waals surface area (Å²) in [5.41, 5.74) is 7.13. The Balaban J connectivity index is 3.07. The second-order valence-electron chi connectivity index (χ2n) is 4.87. The van der Waals surface area contributed by atoms with Crippen molar-refractivity contribution >= 4 is 23.2 Å². The summed E-state index contributed by atoms with van der Waals surface area (Å²) in [6.07, 6.45) is 0. The van der Waals surface area contributed by atoms with Crippen LogP contribution in [0.4, 0.5) is 0 Å². The van der Waals surface area contributed by atoms with Gasteiger partial charge in [-0.15, -0.1) is 0 Å². The Morgan fingerprint density at radius 1 is 1.17 bits per heavy atom. The number of ether oxygens (including phenoxy) is 1. The van der Waals surface area contributed by atoms with Crippen LogP contribution in [0.25, 0.3) is 0 Å². The van der Waals surface area contributed by atoms with Gasteiger partial charge in [0.15, 0.2) is 0 Å². The van der Waals surface area contributed by atoms with Gasteiger partial charge in [0.25, 0.3) is 0 Å². The van der Waals surface area contributed by atoms with Gasteiger partial charge in [-0.3, -0.25) is 0 Å². The fourth-order valence-electron chi connectivity index (χ4n) is 1.76. The molecular formula is C14H21Cl2NO. The van der Waals surface area contributed by atoms with E-state index in [9.17, 15) is 0 Å². The van der Waals surface area contributed by atoms with Gasteiger partial charge < -0.3 is 10.5 Å². The molecule has 0 amide bonds. The fraction of sp³-hybridized carbons (Fsp3) is 0.571. The highest BCUT2D eigenvalue weighted by Crippen LogP contribution is 2.36. The SMILES string of the molecule is CCOc1cc(Cl)c(C(N)C(C)C(C)C)cc1Cl. The summed E-state index contributed by atoms with van der Waals surface area (Å²) in [7, 11) is 0. The summed E-state index contributed by atoms with van der Waals surface area (Å²) >= 11 is 12.4. The van der Waals surface area contributed by atoms with E-state index in [1.165, 1.54) is 0 Å². The molecule has 2 atom stereocenters. The molecule has 0 bridgehead atoms. The van der Waals surface area contributed by atoms with Crippen LogP contribution in [0.2, 0.25) is 10.0 Å². The maximum absolute atomic E-state index is 6.26. The molecule has 2 N–H and O–H groups in total. The molecule has 1 aromatic carbocycles. The van der Waals surface area contributed by atoms with Crippen LogP contribution >= 0.6 is 23.2 Å². The monoisotopic (exact) mass is 289 g/mol. The molecule has 0 saturated carbocycles. The second-order valence-corrected chi connectivity index (χ2v) is 5.68. The molecule has 0 aliphatic heterocycles. The molecule has 0 heterocycles. The maximum atomic E-state index is 6.26. The third kappa shape index (κ3) is 3.53. The quantitative estimate of drug-likeness (QED) is 0.854. The highest BCUT2D eigenvalue weighted by molar-refractivity contribution is 6.34. The normalized spacial score (nSPS) is 14.7. The van der Waals surface area contributed by atoms with Gasteiger partial charge in [0.05, 0.1) is 11.6 Å². The molecule has 0 aromatic heterocycles. The number of rotatable bonds is 5. The van der Waals surface area contributed by atoms with Crippen molar-refractivity contribution in [2.24, 2.45) is 17.6 Å². The Hall–Kier alpha value is -0.440. The third-order valence-corrected chi connectivity index (χ3v) is 3.95. The summed E-state index contributed by atoms with van der Waals surface area (Å²) in [6, 6.07) is 3.44. The van der Waals surface area contributed by atoms with Crippen LogP contribution in [0.15, 0.2) is 12.1 Å². The first-order valence-electron chi connectivity index (χ1n) is 6.25. The summed E-state index contributed by atoms with van der Waals surface area (Å²) in [4.78, 5) is 0. The zero-order chi connectivity index (χ0) is 13.9. The van der Waals surface area contributed by atoms with Crippen molar-refractivity contribution in [3.8, 4) is 5.75 Å². The Morgan fingerprint density at radius 3 is 2.28 bits per heavy atom. The van der Waals surface area contributed by atoms with Crippen molar-refractivity contribution in [2.45, 2.75) is 33.7 Å². The van der Waals surface area contributed by atoms with Crippen LogP contribution in [0.5, 0.6) is 5.75 Å². The van der Waals surface area contributed by atoms with Crippen molar-refractivity contribution in [2.75, 3.05) is 6.61 Å². The molecule has 4 heteroatoms. The molecule has 0 radical (unpaired) electrons. The molecule has 1 aromatic rings. The number of hydrogen-bond donors (Lipinski definition) is 1. The van der Waals surface area contributed by atoms with E-state index in [4.69, 9.17) is 33.7 Å². The van der Waals surface area contributed by atoms with E-state index in [0.717, 1.165) is 5.56 Å². The lowest BCUT2D eigenvalue weighted by molar-refractivity contribution is 0.338. The predicted molar refractivity (Wildman–Crippen MR) is 78.6 cm³/mol. The van der Waals surface area contributed by atoms with Crippen LogP contribution in [0.3, 0.4) is 0 Å². The lowest BCUT2D eigenvalue weighted by Crippen LogP contribution is -2.23. The smallest absolute Gasteiger partial charge is 0.139 e. The topological polar surface area (TPSA) is 35.2 Å². The lowest BCUT2D eigenvalue weighted by atomic mass is 9.86. The minimum Gasteiger partial charge on any atom is -0.492 e. The van der Waals surface area contributed by atoms with E-state index in [1.54, 1.807) is 6.07 Å². The first kappa shape index (κ1) is 15.6. The highest BCUT2D eigenvalue weighted by atomic mass is 35.5. The predicted octanol–water partition coefficient (Wildman–Crippen LogP) is 4.68. The first-order chi connectivity index (χ1) is 8.38. The molecule has 0 aliphatic carbocycles. The van der Waals surface area contributed by atoms with Crippen molar-refractivity contribution in [1.29, 1.82) is 0 Å². The molecule has 0 fully saturated rings. The van der Waals surface area contributed by atoms with Gasteiger partial charge in [0.2, 0.25) is 0 Å². The molecule has 0 spiro atoms. The fourth-order valence-corrected chi connectivity index (χ4v) is 2.27. The van der Waals surface area contributed by atoms with E-state index >= 15 is 0 Å². The number of hydrogen-bond acceptors (Lipinski definition) is 2. The van der Waals surface area contributed by atoms with Crippen molar-refractivity contribution in [3.05, 3.63) is 27.7 Å². The van der Waals surface area contributed by atoms with Crippen LogP contribution in [-0.4, -0.2) is 6.61 Å². The lowest BCUT2D eigenvalue weighted by Gasteiger charge is -2.25. The molecular weight excluding hydrogens is 269 g/mol.